The number of likely N-dealkylation sites (tertiary alicyclic amines) is 1. The van der Waals surface area contributed by atoms with E-state index in [-0.39, 0.29) is 17.2 Å². The normalized spacial score (nSPS) is 18.5. The largest absolute Gasteiger partial charge is 0.467 e. The van der Waals surface area contributed by atoms with Gasteiger partial charge in [-0.25, -0.2) is 4.79 Å². The second kappa shape index (κ2) is 9.11. The zero-order chi connectivity index (χ0) is 21.7. The van der Waals surface area contributed by atoms with Gasteiger partial charge in [0.2, 0.25) is 5.91 Å². The van der Waals surface area contributed by atoms with Crippen LogP contribution in [0.15, 0.2) is 60.7 Å². The molecule has 1 aliphatic rings. The van der Waals surface area contributed by atoms with Crippen LogP contribution in [0.2, 0.25) is 0 Å². The number of nitrogens with zero attached hydrogens (tertiary/aromatic N) is 1. The van der Waals surface area contributed by atoms with Gasteiger partial charge in [-0.3, -0.25) is 9.59 Å². The van der Waals surface area contributed by atoms with Gasteiger partial charge in [-0.15, -0.1) is 0 Å². The molecular weight excluding hydrogens is 380 g/mol. The van der Waals surface area contributed by atoms with Crippen LogP contribution in [0.3, 0.4) is 0 Å². The highest BCUT2D eigenvalue weighted by Gasteiger charge is 2.44. The van der Waals surface area contributed by atoms with Crippen molar-refractivity contribution in [1.82, 2.24) is 10.2 Å². The van der Waals surface area contributed by atoms with Crippen molar-refractivity contribution in [2.45, 2.75) is 38.8 Å². The van der Waals surface area contributed by atoms with Crippen LogP contribution in [0.4, 0.5) is 0 Å². The molecule has 158 valence electrons. The topological polar surface area (TPSA) is 75.7 Å². The third-order valence-corrected chi connectivity index (χ3v) is 5.39. The molecule has 2 atom stereocenters. The van der Waals surface area contributed by atoms with E-state index in [1.807, 2.05) is 50.2 Å². The second-order valence-electron chi connectivity index (χ2n) is 8.46. The Hall–Kier alpha value is -3.15. The number of amides is 2. The van der Waals surface area contributed by atoms with Crippen LogP contribution in [0, 0.1) is 5.41 Å². The van der Waals surface area contributed by atoms with Crippen LogP contribution in [-0.2, 0) is 20.7 Å². The fourth-order valence-electron chi connectivity index (χ4n) is 3.92. The molecule has 3 rings (SSSR count). The SMILES string of the molecule is COC(=O)[C@@H](Cc1ccccc1)NC(=O)[C@H]1CC(C)(C)CN1C(=O)c1ccccc1. The first-order valence-electron chi connectivity index (χ1n) is 10.1. The molecule has 2 aromatic carbocycles. The van der Waals surface area contributed by atoms with Crippen molar-refractivity contribution in [3.63, 3.8) is 0 Å². The predicted octanol–water partition coefficient (Wildman–Crippen LogP) is 2.83. The zero-order valence-electron chi connectivity index (χ0n) is 17.6. The number of hydrogen-bond donors (Lipinski definition) is 1. The molecule has 0 spiro atoms. The van der Waals surface area contributed by atoms with E-state index in [2.05, 4.69) is 5.32 Å². The predicted molar refractivity (Wildman–Crippen MR) is 114 cm³/mol. The van der Waals surface area contributed by atoms with Gasteiger partial charge in [0.1, 0.15) is 12.1 Å². The molecule has 1 aliphatic heterocycles. The lowest BCUT2D eigenvalue weighted by Crippen LogP contribution is -2.51. The molecule has 30 heavy (non-hydrogen) atoms. The fourth-order valence-corrected chi connectivity index (χ4v) is 3.92. The van der Waals surface area contributed by atoms with E-state index in [1.165, 1.54) is 7.11 Å². The Morgan fingerprint density at radius 2 is 1.67 bits per heavy atom. The van der Waals surface area contributed by atoms with Gasteiger partial charge in [-0.1, -0.05) is 62.4 Å². The number of nitrogens with one attached hydrogen (secondary N) is 1. The molecule has 1 fully saturated rings. The van der Waals surface area contributed by atoms with Crippen LogP contribution >= 0.6 is 0 Å². The molecule has 0 aliphatic carbocycles. The van der Waals surface area contributed by atoms with Crippen molar-refractivity contribution in [3.8, 4) is 0 Å². The van der Waals surface area contributed by atoms with Crippen LogP contribution in [0.1, 0.15) is 36.2 Å². The summed E-state index contributed by atoms with van der Waals surface area (Å²) >= 11 is 0. The number of esters is 1. The molecule has 0 unspecified atom stereocenters. The Kier molecular flexibility index (Phi) is 6.55. The summed E-state index contributed by atoms with van der Waals surface area (Å²) in [5.74, 6) is -1.03. The highest BCUT2D eigenvalue weighted by atomic mass is 16.5. The van der Waals surface area contributed by atoms with Gasteiger partial charge < -0.3 is 15.0 Å². The number of carbonyl (C=O) groups is 3. The third kappa shape index (κ3) is 5.06. The van der Waals surface area contributed by atoms with Crippen molar-refractivity contribution in [2.24, 2.45) is 5.41 Å². The van der Waals surface area contributed by atoms with Crippen LogP contribution < -0.4 is 5.32 Å². The molecule has 0 saturated carbocycles. The first-order valence-corrected chi connectivity index (χ1v) is 10.1. The van der Waals surface area contributed by atoms with Crippen molar-refractivity contribution < 1.29 is 19.1 Å². The van der Waals surface area contributed by atoms with Crippen LogP contribution in [0.5, 0.6) is 0 Å². The first kappa shape index (κ1) is 21.6. The summed E-state index contributed by atoms with van der Waals surface area (Å²) in [6.07, 6.45) is 0.846. The number of hydrogen-bond acceptors (Lipinski definition) is 4. The van der Waals surface area contributed by atoms with Gasteiger partial charge in [0, 0.05) is 18.5 Å². The van der Waals surface area contributed by atoms with Crippen LogP contribution in [-0.4, -0.2) is 48.4 Å². The number of ether oxygens (including phenoxy) is 1. The zero-order valence-corrected chi connectivity index (χ0v) is 17.6. The maximum Gasteiger partial charge on any atom is 0.328 e. The van der Waals surface area contributed by atoms with Gasteiger partial charge in [-0.05, 0) is 29.5 Å². The van der Waals surface area contributed by atoms with E-state index in [9.17, 15) is 14.4 Å². The number of benzene rings is 2. The summed E-state index contributed by atoms with van der Waals surface area (Å²) in [6, 6.07) is 16.9. The summed E-state index contributed by atoms with van der Waals surface area (Å²) < 4.78 is 4.90. The van der Waals surface area contributed by atoms with E-state index in [1.54, 1.807) is 29.2 Å². The van der Waals surface area contributed by atoms with E-state index in [0.29, 0.717) is 24.9 Å². The molecule has 2 aromatic rings. The molecule has 6 heteroatoms. The minimum Gasteiger partial charge on any atom is -0.467 e. The van der Waals surface area contributed by atoms with E-state index < -0.39 is 18.1 Å². The summed E-state index contributed by atoms with van der Waals surface area (Å²) in [5, 5.41) is 2.82. The second-order valence-corrected chi connectivity index (χ2v) is 8.46. The lowest BCUT2D eigenvalue weighted by atomic mass is 9.90. The Bertz CT molecular complexity index is 896. The Morgan fingerprint density at radius 3 is 2.27 bits per heavy atom. The number of rotatable bonds is 6. The minimum absolute atomic E-state index is 0.181. The quantitative estimate of drug-likeness (QED) is 0.746. The van der Waals surface area contributed by atoms with E-state index in [4.69, 9.17) is 4.74 Å². The monoisotopic (exact) mass is 408 g/mol. The first-order chi connectivity index (χ1) is 14.3. The molecule has 0 aromatic heterocycles. The lowest BCUT2D eigenvalue weighted by molar-refractivity contribution is -0.145. The molecule has 1 N–H and O–H groups in total. The van der Waals surface area contributed by atoms with Gasteiger partial charge >= 0.3 is 5.97 Å². The Labute approximate surface area is 177 Å². The fraction of sp³-hybridized carbons (Fsp3) is 0.375. The Morgan fingerprint density at radius 1 is 1.07 bits per heavy atom. The standard InChI is InChI=1S/C24H28N2O4/c1-24(2)15-20(26(16-24)22(28)18-12-8-5-9-13-18)21(27)25-19(23(29)30-3)14-17-10-6-4-7-11-17/h4-13,19-20H,14-16H2,1-3H3,(H,25,27)/t19-,20-/m1/s1. The lowest BCUT2D eigenvalue weighted by Gasteiger charge is -2.26. The van der Waals surface area contributed by atoms with Gasteiger partial charge in [-0.2, -0.15) is 0 Å². The Balaban J connectivity index is 1.79. The molecule has 0 radical (unpaired) electrons. The number of methoxy groups -OCH3 is 1. The highest BCUT2D eigenvalue weighted by molar-refractivity contribution is 5.98. The molecule has 1 saturated heterocycles. The third-order valence-electron chi connectivity index (χ3n) is 5.39. The highest BCUT2D eigenvalue weighted by Crippen LogP contribution is 2.35. The molecule has 1 heterocycles. The van der Waals surface area contributed by atoms with Crippen LogP contribution in [0.25, 0.3) is 0 Å². The van der Waals surface area contributed by atoms with Crippen molar-refractivity contribution in [3.05, 3.63) is 71.8 Å². The summed E-state index contributed by atoms with van der Waals surface area (Å²) in [7, 11) is 1.30. The average Bonchev–Trinajstić information content (AvgIpc) is 3.09. The van der Waals surface area contributed by atoms with E-state index >= 15 is 0 Å². The van der Waals surface area contributed by atoms with Gasteiger partial charge in [0.15, 0.2) is 0 Å². The minimum atomic E-state index is -0.817. The van der Waals surface area contributed by atoms with E-state index in [0.717, 1.165) is 5.56 Å². The molecule has 2 amide bonds. The van der Waals surface area contributed by atoms with Gasteiger partial charge in [0.25, 0.3) is 5.91 Å². The maximum atomic E-state index is 13.2. The van der Waals surface area contributed by atoms with Crippen molar-refractivity contribution >= 4 is 17.8 Å². The smallest absolute Gasteiger partial charge is 0.328 e. The molecular formula is C24H28N2O4. The summed E-state index contributed by atoms with van der Waals surface area (Å²) in [6.45, 7) is 4.54. The van der Waals surface area contributed by atoms with Crippen molar-refractivity contribution in [2.75, 3.05) is 13.7 Å². The molecule has 6 nitrogen and oxygen atoms in total. The van der Waals surface area contributed by atoms with Crippen molar-refractivity contribution in [1.29, 1.82) is 0 Å². The van der Waals surface area contributed by atoms with Gasteiger partial charge in [0.05, 0.1) is 7.11 Å². The summed E-state index contributed by atoms with van der Waals surface area (Å²) in [4.78, 5) is 40.2. The number of carbonyl (C=O) groups excluding carboxylic acids is 3. The molecule has 0 bridgehead atoms. The maximum absolute atomic E-state index is 13.2. The average molecular weight is 408 g/mol. The summed E-state index contributed by atoms with van der Waals surface area (Å²) in [5.41, 5.74) is 1.26.